The SMILES string of the molecule is O=C(Cl)CN1C(=O)S/C(=C\C=C\c2ccccc2)C1=O. The summed E-state index contributed by atoms with van der Waals surface area (Å²) in [6.07, 6.45) is 5.06. The molecule has 4 nitrogen and oxygen atoms in total. The molecule has 0 radical (unpaired) electrons. The van der Waals surface area contributed by atoms with Crippen LogP contribution in [0, 0.1) is 0 Å². The largest absolute Gasteiger partial charge is 0.294 e. The molecular weight excluding hydrogens is 298 g/mol. The van der Waals surface area contributed by atoms with E-state index in [1.807, 2.05) is 36.4 Å². The number of amides is 2. The second kappa shape index (κ2) is 6.54. The molecule has 1 heterocycles. The van der Waals surface area contributed by atoms with Crippen LogP contribution < -0.4 is 0 Å². The number of imide groups is 1. The molecule has 1 aliphatic rings. The van der Waals surface area contributed by atoms with Crippen molar-refractivity contribution in [2.24, 2.45) is 0 Å². The van der Waals surface area contributed by atoms with Crippen LogP contribution in [0.25, 0.3) is 6.08 Å². The maximum Gasteiger partial charge on any atom is 0.294 e. The van der Waals surface area contributed by atoms with Crippen LogP contribution in [0.2, 0.25) is 0 Å². The number of hydrogen-bond acceptors (Lipinski definition) is 4. The summed E-state index contributed by atoms with van der Waals surface area (Å²) in [7, 11) is 0. The number of halogens is 1. The highest BCUT2D eigenvalue weighted by atomic mass is 35.5. The molecule has 0 atom stereocenters. The van der Waals surface area contributed by atoms with Gasteiger partial charge in [-0.2, -0.15) is 0 Å². The average molecular weight is 308 g/mol. The fraction of sp³-hybridized carbons (Fsp3) is 0.0714. The van der Waals surface area contributed by atoms with Crippen LogP contribution in [0.5, 0.6) is 0 Å². The van der Waals surface area contributed by atoms with Crippen LogP contribution in [-0.2, 0) is 9.59 Å². The standard InChI is InChI=1S/C14H10ClNO3S/c15-12(17)9-16-13(18)11(20-14(16)19)8-4-7-10-5-2-1-3-6-10/h1-8H,9H2/b7-4+,11-8-. The molecule has 0 saturated carbocycles. The van der Waals surface area contributed by atoms with E-state index in [4.69, 9.17) is 11.6 Å². The third kappa shape index (κ3) is 3.59. The Balaban J connectivity index is 2.08. The molecule has 2 amide bonds. The van der Waals surface area contributed by atoms with Gasteiger partial charge in [0.15, 0.2) is 0 Å². The van der Waals surface area contributed by atoms with E-state index in [9.17, 15) is 14.4 Å². The van der Waals surface area contributed by atoms with E-state index in [-0.39, 0.29) is 4.91 Å². The predicted molar refractivity (Wildman–Crippen MR) is 79.1 cm³/mol. The Bertz CT molecular complexity index is 610. The van der Waals surface area contributed by atoms with Crippen molar-refractivity contribution in [2.45, 2.75) is 0 Å². The van der Waals surface area contributed by atoms with E-state index in [0.29, 0.717) is 0 Å². The van der Waals surface area contributed by atoms with Crippen LogP contribution in [0.1, 0.15) is 5.56 Å². The van der Waals surface area contributed by atoms with E-state index >= 15 is 0 Å². The van der Waals surface area contributed by atoms with Gasteiger partial charge in [-0.25, -0.2) is 0 Å². The molecule has 0 spiro atoms. The summed E-state index contributed by atoms with van der Waals surface area (Å²) in [6.45, 7) is -0.397. The molecule has 0 aromatic heterocycles. The van der Waals surface area contributed by atoms with E-state index < -0.39 is 22.9 Å². The molecule has 0 N–H and O–H groups in total. The zero-order valence-electron chi connectivity index (χ0n) is 10.3. The highest BCUT2D eigenvalue weighted by Crippen LogP contribution is 2.30. The summed E-state index contributed by atoms with van der Waals surface area (Å²) in [5, 5.41) is -1.23. The highest BCUT2D eigenvalue weighted by molar-refractivity contribution is 8.18. The van der Waals surface area contributed by atoms with E-state index in [2.05, 4.69) is 0 Å². The number of rotatable bonds is 4. The minimum Gasteiger partial charge on any atom is -0.279 e. The van der Waals surface area contributed by atoms with Crippen molar-refractivity contribution in [1.82, 2.24) is 4.90 Å². The number of nitrogens with zero attached hydrogens (tertiary/aromatic N) is 1. The second-order valence-corrected chi connectivity index (χ2v) is 5.33. The first-order chi connectivity index (χ1) is 9.58. The van der Waals surface area contributed by atoms with Crippen LogP contribution in [-0.4, -0.2) is 27.8 Å². The number of thioether (sulfide) groups is 1. The van der Waals surface area contributed by atoms with Gasteiger partial charge in [-0.1, -0.05) is 42.5 Å². The van der Waals surface area contributed by atoms with Crippen LogP contribution in [0.3, 0.4) is 0 Å². The normalized spacial score (nSPS) is 17.4. The van der Waals surface area contributed by atoms with Crippen molar-refractivity contribution < 1.29 is 14.4 Å². The number of allylic oxidation sites excluding steroid dienone is 2. The Hall–Kier alpha value is -1.85. The quantitative estimate of drug-likeness (QED) is 0.634. The summed E-state index contributed by atoms with van der Waals surface area (Å²) in [5.74, 6) is -0.494. The maximum atomic E-state index is 11.9. The summed E-state index contributed by atoms with van der Waals surface area (Å²) in [5.41, 5.74) is 0.985. The Morgan fingerprint density at radius 1 is 1.25 bits per heavy atom. The van der Waals surface area contributed by atoms with Crippen molar-refractivity contribution in [2.75, 3.05) is 6.54 Å². The molecule has 1 fully saturated rings. The molecule has 1 aromatic carbocycles. The molecule has 20 heavy (non-hydrogen) atoms. The third-order valence-electron chi connectivity index (χ3n) is 2.49. The van der Waals surface area contributed by atoms with Gasteiger partial charge in [0.2, 0.25) is 5.24 Å². The molecule has 2 rings (SSSR count). The van der Waals surface area contributed by atoms with Crippen molar-refractivity contribution in [3.63, 3.8) is 0 Å². The molecule has 0 bridgehead atoms. The van der Waals surface area contributed by atoms with Crippen molar-refractivity contribution >= 4 is 45.8 Å². The van der Waals surface area contributed by atoms with E-state index in [1.54, 1.807) is 12.2 Å². The Morgan fingerprint density at radius 2 is 1.95 bits per heavy atom. The first-order valence-electron chi connectivity index (χ1n) is 5.73. The number of hydrogen-bond donors (Lipinski definition) is 0. The lowest BCUT2D eigenvalue weighted by molar-refractivity contribution is -0.125. The predicted octanol–water partition coefficient (Wildman–Crippen LogP) is 3.04. The molecule has 1 saturated heterocycles. The monoisotopic (exact) mass is 307 g/mol. The summed E-state index contributed by atoms with van der Waals surface area (Å²) < 4.78 is 0. The summed E-state index contributed by atoms with van der Waals surface area (Å²) >= 11 is 5.99. The zero-order valence-corrected chi connectivity index (χ0v) is 11.9. The molecule has 6 heteroatoms. The van der Waals surface area contributed by atoms with Gasteiger partial charge in [-0.05, 0) is 35.0 Å². The van der Waals surface area contributed by atoms with Gasteiger partial charge in [-0.3, -0.25) is 19.3 Å². The highest BCUT2D eigenvalue weighted by Gasteiger charge is 2.35. The van der Waals surface area contributed by atoms with Crippen molar-refractivity contribution in [3.8, 4) is 0 Å². The molecule has 0 aliphatic carbocycles. The van der Waals surface area contributed by atoms with Gasteiger partial charge >= 0.3 is 0 Å². The van der Waals surface area contributed by atoms with Crippen LogP contribution in [0.4, 0.5) is 4.79 Å². The fourth-order valence-electron chi connectivity index (χ4n) is 1.59. The van der Waals surface area contributed by atoms with E-state index in [0.717, 1.165) is 22.2 Å². The lowest BCUT2D eigenvalue weighted by Gasteiger charge is -2.07. The molecule has 1 aliphatic heterocycles. The maximum absolute atomic E-state index is 11.9. The van der Waals surface area contributed by atoms with Crippen molar-refractivity contribution in [1.29, 1.82) is 0 Å². The Morgan fingerprint density at radius 3 is 2.60 bits per heavy atom. The molecule has 102 valence electrons. The van der Waals surface area contributed by atoms with Gasteiger partial charge in [0.25, 0.3) is 11.1 Å². The summed E-state index contributed by atoms with van der Waals surface area (Å²) in [6, 6.07) is 9.55. The number of carbonyl (C=O) groups excluding carboxylic acids is 3. The first kappa shape index (κ1) is 14.6. The first-order valence-corrected chi connectivity index (χ1v) is 6.93. The lowest BCUT2D eigenvalue weighted by Crippen LogP contribution is -2.31. The van der Waals surface area contributed by atoms with Gasteiger partial charge in [0.05, 0.1) is 4.91 Å². The third-order valence-corrected chi connectivity index (χ3v) is 3.54. The fourth-order valence-corrected chi connectivity index (χ4v) is 2.49. The Labute approximate surface area is 125 Å². The van der Waals surface area contributed by atoms with Gasteiger partial charge < -0.3 is 0 Å². The topological polar surface area (TPSA) is 54.5 Å². The lowest BCUT2D eigenvalue weighted by atomic mass is 10.2. The van der Waals surface area contributed by atoms with Crippen LogP contribution in [0.15, 0.2) is 47.4 Å². The Kier molecular flexibility index (Phi) is 4.76. The second-order valence-electron chi connectivity index (χ2n) is 3.92. The zero-order chi connectivity index (χ0) is 14.5. The minimum absolute atomic E-state index is 0.278. The van der Waals surface area contributed by atoms with Gasteiger partial charge in [0.1, 0.15) is 6.54 Å². The van der Waals surface area contributed by atoms with Crippen molar-refractivity contribution in [3.05, 3.63) is 53.0 Å². The molecule has 0 unspecified atom stereocenters. The number of benzene rings is 1. The average Bonchev–Trinajstić information content (AvgIpc) is 2.67. The molecule has 1 aromatic rings. The van der Waals surface area contributed by atoms with Gasteiger partial charge in [0, 0.05) is 0 Å². The summed E-state index contributed by atoms with van der Waals surface area (Å²) in [4.78, 5) is 35.3. The van der Waals surface area contributed by atoms with E-state index in [1.165, 1.54) is 0 Å². The van der Waals surface area contributed by atoms with Crippen LogP contribution >= 0.6 is 23.4 Å². The number of carbonyl (C=O) groups is 3. The smallest absolute Gasteiger partial charge is 0.279 e. The van der Waals surface area contributed by atoms with Gasteiger partial charge in [-0.15, -0.1) is 0 Å². The minimum atomic E-state index is -0.742. The molecular formula is C14H10ClNO3S.